The highest BCUT2D eigenvalue weighted by Gasteiger charge is 2.59. The van der Waals surface area contributed by atoms with Crippen LogP contribution in [0.5, 0.6) is 0 Å². The van der Waals surface area contributed by atoms with Crippen molar-refractivity contribution in [2.24, 2.45) is 28.6 Å². The number of methoxy groups -OCH3 is 1. The second-order valence-corrected chi connectivity index (χ2v) is 7.54. The predicted molar refractivity (Wildman–Crippen MR) is 77.3 cm³/mol. The Morgan fingerprint density at radius 2 is 2.10 bits per heavy atom. The van der Waals surface area contributed by atoms with Gasteiger partial charge in [-0.05, 0) is 36.0 Å². The smallest absolute Gasteiger partial charge is 0.334 e. The number of fused-ring (bicyclic) bond motifs is 3. The van der Waals surface area contributed by atoms with Crippen molar-refractivity contribution in [2.75, 3.05) is 13.7 Å². The second kappa shape index (κ2) is 4.59. The first-order valence-electron chi connectivity index (χ1n) is 7.77. The molecule has 2 fully saturated rings. The Balaban J connectivity index is 1.98. The van der Waals surface area contributed by atoms with Gasteiger partial charge in [0.1, 0.15) is 0 Å². The van der Waals surface area contributed by atoms with E-state index in [4.69, 9.17) is 9.47 Å². The van der Waals surface area contributed by atoms with Crippen molar-refractivity contribution in [3.8, 4) is 0 Å². The summed E-state index contributed by atoms with van der Waals surface area (Å²) >= 11 is 0. The SMILES string of the molecule is COC(=O)C1CCC2(C)C3COC(=O)C3=CCC2C1(C)C. The normalized spacial score (nSPS) is 40.7. The first-order valence-corrected chi connectivity index (χ1v) is 7.77. The Morgan fingerprint density at radius 3 is 2.76 bits per heavy atom. The van der Waals surface area contributed by atoms with Gasteiger partial charge in [-0.25, -0.2) is 4.79 Å². The molecule has 3 aliphatic rings. The molecule has 0 spiro atoms. The van der Waals surface area contributed by atoms with E-state index in [9.17, 15) is 9.59 Å². The Kier molecular flexibility index (Phi) is 3.19. The van der Waals surface area contributed by atoms with Gasteiger partial charge in [-0.1, -0.05) is 26.8 Å². The molecule has 4 heteroatoms. The van der Waals surface area contributed by atoms with Gasteiger partial charge >= 0.3 is 11.9 Å². The number of rotatable bonds is 1. The molecule has 4 nitrogen and oxygen atoms in total. The second-order valence-electron chi connectivity index (χ2n) is 7.54. The number of hydrogen-bond donors (Lipinski definition) is 0. The molecule has 3 rings (SSSR count). The van der Waals surface area contributed by atoms with E-state index in [-0.39, 0.29) is 34.6 Å². The average molecular weight is 292 g/mol. The van der Waals surface area contributed by atoms with Crippen LogP contribution in [0.1, 0.15) is 40.0 Å². The zero-order chi connectivity index (χ0) is 15.4. The standard InChI is InChI=1S/C17H24O4/c1-16(2)11(15(19)20-4)7-8-17(3)12-9-21-14(18)10(12)5-6-13(16)17/h5,11-13H,6-9H2,1-4H3. The molecule has 0 amide bonds. The number of cyclic esters (lactones) is 1. The van der Waals surface area contributed by atoms with Crippen molar-refractivity contribution in [2.45, 2.75) is 40.0 Å². The molecule has 0 aromatic rings. The molecule has 4 unspecified atom stereocenters. The number of carbonyl (C=O) groups excluding carboxylic acids is 2. The summed E-state index contributed by atoms with van der Waals surface area (Å²) < 4.78 is 10.3. The summed E-state index contributed by atoms with van der Waals surface area (Å²) in [5.74, 6) is 0.240. The van der Waals surface area contributed by atoms with E-state index in [2.05, 4.69) is 20.8 Å². The van der Waals surface area contributed by atoms with Crippen LogP contribution in [0.3, 0.4) is 0 Å². The molecule has 1 saturated heterocycles. The van der Waals surface area contributed by atoms with Crippen LogP contribution in [0.4, 0.5) is 0 Å². The van der Waals surface area contributed by atoms with Crippen molar-refractivity contribution in [3.63, 3.8) is 0 Å². The lowest BCUT2D eigenvalue weighted by molar-refractivity contribution is -0.161. The van der Waals surface area contributed by atoms with Gasteiger partial charge in [0, 0.05) is 11.5 Å². The molecule has 1 saturated carbocycles. The molecule has 0 N–H and O–H groups in total. The molecule has 4 atom stereocenters. The molecule has 21 heavy (non-hydrogen) atoms. The lowest BCUT2D eigenvalue weighted by Crippen LogP contribution is -2.54. The molecular formula is C17H24O4. The third kappa shape index (κ3) is 1.87. The summed E-state index contributed by atoms with van der Waals surface area (Å²) in [5.41, 5.74) is 0.763. The fourth-order valence-corrected chi connectivity index (χ4v) is 5.14. The van der Waals surface area contributed by atoms with E-state index >= 15 is 0 Å². The highest BCUT2D eigenvalue weighted by molar-refractivity contribution is 5.91. The first kappa shape index (κ1) is 14.6. The van der Waals surface area contributed by atoms with Crippen LogP contribution in [0, 0.1) is 28.6 Å². The van der Waals surface area contributed by atoms with Crippen LogP contribution >= 0.6 is 0 Å². The van der Waals surface area contributed by atoms with Gasteiger partial charge in [0.25, 0.3) is 0 Å². The van der Waals surface area contributed by atoms with Crippen LogP contribution in [-0.2, 0) is 19.1 Å². The maximum Gasteiger partial charge on any atom is 0.334 e. The van der Waals surface area contributed by atoms with Crippen molar-refractivity contribution in [1.29, 1.82) is 0 Å². The van der Waals surface area contributed by atoms with Crippen LogP contribution in [0.25, 0.3) is 0 Å². The van der Waals surface area contributed by atoms with Crippen molar-refractivity contribution in [3.05, 3.63) is 11.6 Å². The lowest BCUT2D eigenvalue weighted by atomic mass is 9.46. The van der Waals surface area contributed by atoms with Crippen LogP contribution in [0.15, 0.2) is 11.6 Å². The molecule has 1 heterocycles. The van der Waals surface area contributed by atoms with E-state index in [0.29, 0.717) is 12.5 Å². The van der Waals surface area contributed by atoms with E-state index in [1.54, 1.807) is 0 Å². The highest BCUT2D eigenvalue weighted by Crippen LogP contribution is 2.62. The fourth-order valence-electron chi connectivity index (χ4n) is 5.14. The highest BCUT2D eigenvalue weighted by atomic mass is 16.5. The van der Waals surface area contributed by atoms with Gasteiger partial charge in [-0.2, -0.15) is 0 Å². The number of carbonyl (C=O) groups is 2. The molecule has 0 aromatic carbocycles. The summed E-state index contributed by atoms with van der Waals surface area (Å²) in [4.78, 5) is 24.0. The van der Waals surface area contributed by atoms with Gasteiger partial charge in [-0.3, -0.25) is 4.79 Å². The van der Waals surface area contributed by atoms with E-state index in [1.165, 1.54) is 7.11 Å². The van der Waals surface area contributed by atoms with Crippen LogP contribution < -0.4 is 0 Å². The Labute approximate surface area is 125 Å². The fraction of sp³-hybridized carbons (Fsp3) is 0.765. The monoisotopic (exact) mass is 292 g/mol. The minimum Gasteiger partial charge on any atom is -0.469 e. The van der Waals surface area contributed by atoms with Gasteiger partial charge in [0.15, 0.2) is 0 Å². The zero-order valence-corrected chi connectivity index (χ0v) is 13.3. The molecule has 116 valence electrons. The Hall–Kier alpha value is -1.32. The van der Waals surface area contributed by atoms with Crippen molar-refractivity contribution >= 4 is 11.9 Å². The minimum atomic E-state index is -0.146. The largest absolute Gasteiger partial charge is 0.469 e. The molecule has 0 aromatic heterocycles. The number of hydrogen-bond acceptors (Lipinski definition) is 4. The third-order valence-electron chi connectivity index (χ3n) is 6.41. The predicted octanol–water partition coefficient (Wildman–Crippen LogP) is 2.72. The average Bonchev–Trinajstić information content (AvgIpc) is 2.80. The number of ether oxygens (including phenoxy) is 2. The lowest BCUT2D eigenvalue weighted by Gasteiger charge is -2.57. The number of allylic oxidation sites excluding steroid dienone is 1. The van der Waals surface area contributed by atoms with E-state index < -0.39 is 0 Å². The zero-order valence-electron chi connectivity index (χ0n) is 13.3. The summed E-state index contributed by atoms with van der Waals surface area (Å²) in [5, 5.41) is 0. The minimum absolute atomic E-state index is 0.0320. The van der Waals surface area contributed by atoms with Crippen molar-refractivity contribution in [1.82, 2.24) is 0 Å². The molecule has 0 bridgehead atoms. The quantitative estimate of drug-likeness (QED) is 0.697. The summed E-state index contributed by atoms with van der Waals surface area (Å²) in [6.45, 7) is 7.11. The van der Waals surface area contributed by atoms with Gasteiger partial charge in [-0.15, -0.1) is 0 Å². The molecule has 2 aliphatic carbocycles. The summed E-state index contributed by atoms with van der Waals surface area (Å²) in [7, 11) is 1.47. The topological polar surface area (TPSA) is 52.6 Å². The summed E-state index contributed by atoms with van der Waals surface area (Å²) in [6.07, 6.45) is 4.66. The molecular weight excluding hydrogens is 268 g/mol. The maximum atomic E-state index is 12.1. The molecule has 1 aliphatic heterocycles. The van der Waals surface area contributed by atoms with Gasteiger partial charge in [0.2, 0.25) is 0 Å². The molecule has 0 radical (unpaired) electrons. The number of esters is 2. The summed E-state index contributed by atoms with van der Waals surface area (Å²) in [6, 6.07) is 0. The maximum absolute atomic E-state index is 12.1. The van der Waals surface area contributed by atoms with Crippen LogP contribution in [0.2, 0.25) is 0 Å². The first-order chi connectivity index (χ1) is 9.82. The van der Waals surface area contributed by atoms with Gasteiger partial charge in [0.05, 0.1) is 19.6 Å². The van der Waals surface area contributed by atoms with Crippen LogP contribution in [-0.4, -0.2) is 25.7 Å². The van der Waals surface area contributed by atoms with E-state index in [1.807, 2.05) is 6.08 Å². The van der Waals surface area contributed by atoms with Gasteiger partial charge < -0.3 is 9.47 Å². The van der Waals surface area contributed by atoms with Crippen molar-refractivity contribution < 1.29 is 19.1 Å². The Morgan fingerprint density at radius 1 is 1.38 bits per heavy atom. The third-order valence-corrected chi connectivity index (χ3v) is 6.41. The Bertz CT molecular complexity index is 519. The van der Waals surface area contributed by atoms with E-state index in [0.717, 1.165) is 24.8 Å².